The summed E-state index contributed by atoms with van der Waals surface area (Å²) in [4.78, 5) is 23.2. The van der Waals surface area contributed by atoms with Crippen LogP contribution >= 0.6 is 0 Å². The van der Waals surface area contributed by atoms with Crippen LogP contribution in [-0.2, 0) is 9.59 Å². The number of nitrogens with zero attached hydrogens (tertiary/aromatic N) is 2. The fraction of sp³-hybridized carbons (Fsp3) is 0.308. The van der Waals surface area contributed by atoms with Crippen molar-refractivity contribution in [2.45, 2.75) is 13.3 Å². The molecule has 0 saturated heterocycles. The van der Waals surface area contributed by atoms with Gasteiger partial charge in [-0.25, -0.2) is 4.79 Å². The minimum Gasteiger partial charge on any atom is -0.477 e. The van der Waals surface area contributed by atoms with Crippen LogP contribution in [-0.4, -0.2) is 34.4 Å². The van der Waals surface area contributed by atoms with Gasteiger partial charge in [0.25, 0.3) is 5.91 Å². The van der Waals surface area contributed by atoms with E-state index in [-0.39, 0.29) is 18.7 Å². The molecule has 1 aromatic carbocycles. The summed E-state index contributed by atoms with van der Waals surface area (Å²) in [7, 11) is 0. The molecule has 1 aliphatic rings. The minimum absolute atomic E-state index is 0.0618. The van der Waals surface area contributed by atoms with Crippen LogP contribution in [0.3, 0.4) is 0 Å². The number of carboxylic acid groups (broad SMARTS) is 1. The van der Waals surface area contributed by atoms with E-state index in [0.29, 0.717) is 5.69 Å². The number of carbonyl (C=O) groups excluding carboxylic acids is 1. The lowest BCUT2D eigenvalue weighted by atomic mass is 10.00. The summed E-state index contributed by atoms with van der Waals surface area (Å²) in [5, 5.41) is 22.9. The summed E-state index contributed by atoms with van der Waals surface area (Å²) < 4.78 is 0. The number of benzene rings is 1. The molecule has 2 rings (SSSR count). The van der Waals surface area contributed by atoms with Crippen molar-refractivity contribution in [3.05, 3.63) is 29.8 Å². The van der Waals surface area contributed by atoms with Gasteiger partial charge in [0.1, 0.15) is 0 Å². The Morgan fingerprint density at radius 2 is 2.00 bits per heavy atom. The third kappa shape index (κ3) is 2.48. The molecule has 0 radical (unpaired) electrons. The minimum atomic E-state index is -1.23. The Bertz CT molecular complexity index is 536. The second kappa shape index (κ2) is 5.19. The number of carboxylic acids is 1. The predicted molar refractivity (Wildman–Crippen MR) is 68.9 cm³/mol. The zero-order chi connectivity index (χ0) is 14.0. The number of carbonyl (C=O) groups is 2. The molecule has 1 amide bonds. The molecule has 0 spiro atoms. The first-order chi connectivity index (χ1) is 9.04. The van der Waals surface area contributed by atoms with Gasteiger partial charge in [-0.15, -0.1) is 0 Å². The van der Waals surface area contributed by atoms with E-state index in [1.807, 2.05) is 19.1 Å². The highest BCUT2D eigenvalue weighted by atomic mass is 16.4. The van der Waals surface area contributed by atoms with Crippen molar-refractivity contribution < 1.29 is 19.8 Å². The Kier molecular flexibility index (Phi) is 3.62. The largest absolute Gasteiger partial charge is 0.477 e. The third-order valence-electron chi connectivity index (χ3n) is 2.96. The summed E-state index contributed by atoms with van der Waals surface area (Å²) in [6, 6.07) is 7.05. The molecule has 0 unspecified atom stereocenters. The molecule has 1 atom stereocenters. The first-order valence-electron chi connectivity index (χ1n) is 5.88. The fourth-order valence-corrected chi connectivity index (χ4v) is 1.94. The Morgan fingerprint density at radius 3 is 2.53 bits per heavy atom. The molecule has 6 nitrogen and oxygen atoms in total. The Hall–Kier alpha value is -2.21. The first-order valence-corrected chi connectivity index (χ1v) is 5.88. The van der Waals surface area contributed by atoms with Crippen LogP contribution in [0.25, 0.3) is 0 Å². The van der Waals surface area contributed by atoms with E-state index in [9.17, 15) is 9.59 Å². The second-order valence-electron chi connectivity index (χ2n) is 4.34. The number of rotatable bonds is 4. The van der Waals surface area contributed by atoms with E-state index in [4.69, 9.17) is 10.2 Å². The van der Waals surface area contributed by atoms with Gasteiger partial charge in [-0.3, -0.25) is 4.79 Å². The van der Waals surface area contributed by atoms with Crippen molar-refractivity contribution in [2.75, 3.05) is 11.6 Å². The fourth-order valence-electron chi connectivity index (χ4n) is 1.94. The zero-order valence-electron chi connectivity index (χ0n) is 10.4. The van der Waals surface area contributed by atoms with E-state index in [2.05, 4.69) is 5.10 Å². The molecule has 100 valence electrons. The van der Waals surface area contributed by atoms with Crippen molar-refractivity contribution in [3.63, 3.8) is 0 Å². The Balaban J connectivity index is 2.34. The number of hydrogen-bond donors (Lipinski definition) is 2. The SMILES string of the molecule is Cc1ccc(N2N=C(C(=O)O)[C@@H](CCO)C2=O)cc1. The van der Waals surface area contributed by atoms with Gasteiger partial charge in [0, 0.05) is 6.61 Å². The lowest BCUT2D eigenvalue weighted by Gasteiger charge is -2.13. The highest BCUT2D eigenvalue weighted by Crippen LogP contribution is 2.26. The van der Waals surface area contributed by atoms with Gasteiger partial charge in [-0.05, 0) is 25.5 Å². The van der Waals surface area contributed by atoms with Crippen LogP contribution in [0.15, 0.2) is 29.4 Å². The van der Waals surface area contributed by atoms with Crippen LogP contribution < -0.4 is 5.01 Å². The molecule has 0 aliphatic carbocycles. The van der Waals surface area contributed by atoms with E-state index in [1.54, 1.807) is 12.1 Å². The summed E-state index contributed by atoms with van der Waals surface area (Å²) in [5.74, 6) is -2.54. The number of aliphatic hydroxyl groups is 1. The van der Waals surface area contributed by atoms with Crippen LogP contribution in [0.4, 0.5) is 5.69 Å². The average Bonchev–Trinajstić information content (AvgIpc) is 2.69. The molecule has 0 aromatic heterocycles. The number of amides is 1. The van der Waals surface area contributed by atoms with Gasteiger partial charge in [-0.1, -0.05) is 17.7 Å². The van der Waals surface area contributed by atoms with E-state index in [0.717, 1.165) is 10.6 Å². The van der Waals surface area contributed by atoms with Crippen molar-refractivity contribution in [2.24, 2.45) is 11.0 Å². The highest BCUT2D eigenvalue weighted by molar-refractivity contribution is 6.43. The molecule has 6 heteroatoms. The summed E-state index contributed by atoms with van der Waals surface area (Å²) in [6.07, 6.45) is 0.0618. The number of aliphatic carboxylic acids is 1. The molecule has 2 N–H and O–H groups in total. The van der Waals surface area contributed by atoms with Crippen LogP contribution in [0.1, 0.15) is 12.0 Å². The molecular formula is C13H14N2O4. The van der Waals surface area contributed by atoms with Gasteiger partial charge < -0.3 is 10.2 Å². The number of aryl methyl sites for hydroxylation is 1. The third-order valence-corrected chi connectivity index (χ3v) is 2.96. The topological polar surface area (TPSA) is 90.2 Å². The van der Waals surface area contributed by atoms with Crippen molar-refractivity contribution in [1.29, 1.82) is 0 Å². The normalized spacial score (nSPS) is 18.6. The molecule has 0 saturated carbocycles. The number of aliphatic hydroxyl groups excluding tert-OH is 1. The van der Waals surface area contributed by atoms with Crippen LogP contribution in [0.5, 0.6) is 0 Å². The zero-order valence-corrected chi connectivity index (χ0v) is 10.4. The molecule has 1 aromatic rings. The van der Waals surface area contributed by atoms with Crippen molar-refractivity contribution in [1.82, 2.24) is 0 Å². The van der Waals surface area contributed by atoms with Gasteiger partial charge in [0.2, 0.25) is 0 Å². The Morgan fingerprint density at radius 1 is 1.37 bits per heavy atom. The maximum Gasteiger partial charge on any atom is 0.352 e. The van der Waals surface area contributed by atoms with Gasteiger partial charge >= 0.3 is 5.97 Å². The van der Waals surface area contributed by atoms with E-state index >= 15 is 0 Å². The molecule has 0 bridgehead atoms. The van der Waals surface area contributed by atoms with E-state index in [1.165, 1.54) is 0 Å². The summed E-state index contributed by atoms with van der Waals surface area (Å²) >= 11 is 0. The van der Waals surface area contributed by atoms with Crippen molar-refractivity contribution >= 4 is 23.3 Å². The van der Waals surface area contributed by atoms with Crippen LogP contribution in [0, 0.1) is 12.8 Å². The quantitative estimate of drug-likeness (QED) is 0.839. The average molecular weight is 262 g/mol. The summed E-state index contributed by atoms with van der Waals surface area (Å²) in [6.45, 7) is 1.65. The van der Waals surface area contributed by atoms with Gasteiger partial charge in [-0.2, -0.15) is 10.1 Å². The molecule has 19 heavy (non-hydrogen) atoms. The highest BCUT2D eigenvalue weighted by Gasteiger charge is 2.39. The lowest BCUT2D eigenvalue weighted by Crippen LogP contribution is -2.30. The first kappa shape index (κ1) is 13.2. The molecule has 0 fully saturated rings. The molecular weight excluding hydrogens is 248 g/mol. The smallest absolute Gasteiger partial charge is 0.352 e. The van der Waals surface area contributed by atoms with Crippen molar-refractivity contribution in [3.8, 4) is 0 Å². The van der Waals surface area contributed by atoms with E-state index < -0.39 is 17.8 Å². The number of hydrogen-bond acceptors (Lipinski definition) is 4. The monoisotopic (exact) mass is 262 g/mol. The molecule has 1 heterocycles. The second-order valence-corrected chi connectivity index (χ2v) is 4.34. The van der Waals surface area contributed by atoms with Gasteiger partial charge in [0.15, 0.2) is 5.71 Å². The van der Waals surface area contributed by atoms with Gasteiger partial charge in [0.05, 0.1) is 11.6 Å². The molecule has 1 aliphatic heterocycles. The number of anilines is 1. The summed E-state index contributed by atoms with van der Waals surface area (Å²) in [5.41, 5.74) is 1.33. The standard InChI is InChI=1S/C13H14N2O4/c1-8-2-4-9(5-3-8)15-12(17)10(6-7-16)11(14-15)13(18)19/h2-5,10,16H,6-7H2,1H3,(H,18,19)/t10-/m1/s1. The predicted octanol–water partition coefficient (Wildman–Crippen LogP) is 0.781. The maximum absolute atomic E-state index is 12.1. The number of hydrazone groups is 1. The maximum atomic E-state index is 12.1. The lowest BCUT2D eigenvalue weighted by molar-refractivity contribution is -0.130. The van der Waals surface area contributed by atoms with Crippen LogP contribution in [0.2, 0.25) is 0 Å². The Labute approximate surface area is 110 Å².